The first kappa shape index (κ1) is 23.9. The van der Waals surface area contributed by atoms with Crippen LogP contribution in [0.3, 0.4) is 0 Å². The van der Waals surface area contributed by atoms with Crippen LogP contribution in [-0.4, -0.2) is 27.2 Å². The summed E-state index contributed by atoms with van der Waals surface area (Å²) in [4.78, 5) is 18.1. The van der Waals surface area contributed by atoms with Gasteiger partial charge in [-0.3, -0.25) is 4.79 Å². The lowest BCUT2D eigenvalue weighted by Crippen LogP contribution is -2.38. The minimum absolute atomic E-state index is 0.134. The highest BCUT2D eigenvalue weighted by atomic mass is 32.1. The van der Waals surface area contributed by atoms with Gasteiger partial charge in [0.1, 0.15) is 11.3 Å². The number of nitrogens with one attached hydrogen (secondary N) is 1. The topological polar surface area (TPSA) is 86.2 Å². The first-order valence-corrected chi connectivity index (χ1v) is 12.4. The number of anilines is 1. The first-order chi connectivity index (χ1) is 17.2. The molecule has 4 aromatic rings. The van der Waals surface area contributed by atoms with Crippen molar-refractivity contribution < 1.29 is 18.7 Å². The molecule has 0 spiro atoms. The Balaban J connectivity index is 1.54. The number of amides is 1. The van der Waals surface area contributed by atoms with Crippen molar-refractivity contribution in [3.63, 3.8) is 0 Å². The molecule has 5 rings (SSSR count). The lowest BCUT2D eigenvalue weighted by Gasteiger charge is -2.37. The fourth-order valence-corrected chi connectivity index (χ4v) is 4.84. The SMILES string of the molecule is CC(C)Oc1ccc(-c2ccc3c(n2)Oc2ccccc2[C@@H]3C(C)(C)C(=O)Nc2nncs2)cc1F. The van der Waals surface area contributed by atoms with Gasteiger partial charge in [0, 0.05) is 22.6 Å². The van der Waals surface area contributed by atoms with Crippen LogP contribution in [0.2, 0.25) is 0 Å². The van der Waals surface area contributed by atoms with E-state index in [2.05, 4.69) is 15.5 Å². The summed E-state index contributed by atoms with van der Waals surface area (Å²) in [6, 6.07) is 16.1. The Morgan fingerprint density at radius 3 is 2.67 bits per heavy atom. The smallest absolute Gasteiger partial charge is 0.232 e. The van der Waals surface area contributed by atoms with Crippen LogP contribution >= 0.6 is 11.3 Å². The van der Waals surface area contributed by atoms with Gasteiger partial charge in [0.2, 0.25) is 16.9 Å². The maximum Gasteiger partial charge on any atom is 0.232 e. The van der Waals surface area contributed by atoms with E-state index in [0.717, 1.165) is 11.1 Å². The number of para-hydroxylation sites is 1. The first-order valence-electron chi connectivity index (χ1n) is 11.6. The minimum Gasteiger partial charge on any atom is -0.488 e. The molecule has 0 unspecified atom stereocenters. The molecule has 0 aliphatic carbocycles. The highest BCUT2D eigenvalue weighted by Gasteiger charge is 2.44. The number of fused-ring (bicyclic) bond motifs is 2. The quantitative estimate of drug-likeness (QED) is 0.326. The van der Waals surface area contributed by atoms with Gasteiger partial charge in [-0.1, -0.05) is 49.4 Å². The van der Waals surface area contributed by atoms with Gasteiger partial charge in [-0.05, 0) is 44.2 Å². The predicted molar refractivity (Wildman–Crippen MR) is 136 cm³/mol. The summed E-state index contributed by atoms with van der Waals surface area (Å²) < 4.78 is 26.3. The van der Waals surface area contributed by atoms with E-state index < -0.39 is 11.2 Å². The summed E-state index contributed by atoms with van der Waals surface area (Å²) in [7, 11) is 0. The molecule has 7 nitrogen and oxygen atoms in total. The number of benzene rings is 2. The summed E-state index contributed by atoms with van der Waals surface area (Å²) in [6.07, 6.45) is -0.134. The Kier molecular flexibility index (Phi) is 6.17. The molecule has 3 heterocycles. The van der Waals surface area contributed by atoms with E-state index in [0.29, 0.717) is 28.0 Å². The Hall–Kier alpha value is -3.85. The zero-order chi connectivity index (χ0) is 25.4. The normalized spacial score (nSPS) is 14.6. The Bertz CT molecular complexity index is 1420. The molecule has 2 aromatic heterocycles. The van der Waals surface area contributed by atoms with E-state index >= 15 is 0 Å². The van der Waals surface area contributed by atoms with Crippen LogP contribution in [0.15, 0.2) is 60.1 Å². The molecular weight excluding hydrogens is 479 g/mol. The number of hydrogen-bond acceptors (Lipinski definition) is 7. The third-order valence-electron chi connectivity index (χ3n) is 6.12. The largest absolute Gasteiger partial charge is 0.488 e. The van der Waals surface area contributed by atoms with E-state index in [-0.39, 0.29) is 23.7 Å². The van der Waals surface area contributed by atoms with Crippen LogP contribution in [0.5, 0.6) is 17.4 Å². The Morgan fingerprint density at radius 2 is 1.94 bits per heavy atom. The molecule has 184 valence electrons. The van der Waals surface area contributed by atoms with Gasteiger partial charge >= 0.3 is 0 Å². The van der Waals surface area contributed by atoms with Gasteiger partial charge in [-0.15, -0.1) is 10.2 Å². The number of nitrogens with zero attached hydrogens (tertiary/aromatic N) is 3. The van der Waals surface area contributed by atoms with Gasteiger partial charge in [0.15, 0.2) is 11.6 Å². The molecule has 0 fully saturated rings. The fourth-order valence-electron chi connectivity index (χ4n) is 4.40. The molecular formula is C27H25FN4O3S. The lowest BCUT2D eigenvalue weighted by molar-refractivity contribution is -0.124. The molecule has 1 atom stereocenters. The fraction of sp³-hybridized carbons (Fsp3) is 0.259. The molecule has 2 aromatic carbocycles. The third-order valence-corrected chi connectivity index (χ3v) is 6.72. The summed E-state index contributed by atoms with van der Waals surface area (Å²) in [5.74, 6) is 0.211. The lowest BCUT2D eigenvalue weighted by atomic mass is 9.69. The van der Waals surface area contributed by atoms with Gasteiger partial charge in [0.25, 0.3) is 0 Å². The number of rotatable bonds is 6. The van der Waals surface area contributed by atoms with Crippen LogP contribution < -0.4 is 14.8 Å². The number of hydrogen-bond donors (Lipinski definition) is 1. The second-order valence-corrected chi connectivity index (χ2v) is 10.2. The summed E-state index contributed by atoms with van der Waals surface area (Å²) in [6.45, 7) is 7.46. The molecule has 0 bridgehead atoms. The van der Waals surface area contributed by atoms with Crippen molar-refractivity contribution >= 4 is 22.4 Å². The van der Waals surface area contributed by atoms with E-state index in [1.165, 1.54) is 17.4 Å². The molecule has 0 saturated carbocycles. The van der Waals surface area contributed by atoms with Crippen LogP contribution in [0.25, 0.3) is 11.3 Å². The zero-order valence-corrected chi connectivity index (χ0v) is 21.1. The number of carbonyl (C=O) groups is 1. The van der Waals surface area contributed by atoms with E-state index in [1.54, 1.807) is 17.6 Å². The highest BCUT2D eigenvalue weighted by Crippen LogP contribution is 2.52. The van der Waals surface area contributed by atoms with Crippen molar-refractivity contribution in [3.05, 3.63) is 77.1 Å². The van der Waals surface area contributed by atoms with Gasteiger partial charge in [0.05, 0.1) is 17.2 Å². The van der Waals surface area contributed by atoms with E-state index in [1.807, 2.05) is 64.1 Å². The molecule has 0 radical (unpaired) electrons. The maximum absolute atomic E-state index is 14.7. The van der Waals surface area contributed by atoms with E-state index in [9.17, 15) is 9.18 Å². The standard InChI is InChI=1S/C27H25FN4O3S/c1-15(2)34-22-12-9-16(13-19(22)28)20-11-10-18-23(17-7-5-6-8-21(17)35-24(18)30-20)27(3,4)25(33)31-26-32-29-14-36-26/h5-15,23H,1-4H3,(H,31,32,33)/t23-/m0/s1. The van der Waals surface area contributed by atoms with Crippen LogP contribution in [0.4, 0.5) is 9.52 Å². The minimum atomic E-state index is -0.883. The van der Waals surface area contributed by atoms with Gasteiger partial charge in [-0.25, -0.2) is 9.37 Å². The van der Waals surface area contributed by atoms with Crippen LogP contribution in [-0.2, 0) is 4.79 Å². The predicted octanol–water partition coefficient (Wildman–Crippen LogP) is 6.43. The number of halogens is 1. The van der Waals surface area contributed by atoms with Gasteiger partial charge < -0.3 is 14.8 Å². The highest BCUT2D eigenvalue weighted by molar-refractivity contribution is 7.13. The Labute approximate surface area is 212 Å². The Morgan fingerprint density at radius 1 is 1.14 bits per heavy atom. The third kappa shape index (κ3) is 4.42. The number of ether oxygens (including phenoxy) is 2. The van der Waals surface area contributed by atoms with Crippen LogP contribution in [0.1, 0.15) is 44.7 Å². The number of aromatic nitrogens is 3. The van der Waals surface area contributed by atoms with Gasteiger partial charge in [-0.2, -0.15) is 0 Å². The summed E-state index contributed by atoms with van der Waals surface area (Å²) >= 11 is 1.26. The average molecular weight is 505 g/mol. The van der Waals surface area contributed by atoms with Crippen molar-refractivity contribution in [2.45, 2.75) is 39.7 Å². The molecule has 1 aliphatic heterocycles. The van der Waals surface area contributed by atoms with Crippen molar-refractivity contribution in [2.24, 2.45) is 5.41 Å². The molecule has 1 amide bonds. The number of carbonyl (C=O) groups excluding carboxylic acids is 1. The maximum atomic E-state index is 14.7. The van der Waals surface area contributed by atoms with E-state index in [4.69, 9.17) is 14.5 Å². The monoisotopic (exact) mass is 504 g/mol. The molecule has 9 heteroatoms. The molecule has 1 N–H and O–H groups in total. The molecule has 1 aliphatic rings. The molecule has 0 saturated heterocycles. The average Bonchev–Trinajstić information content (AvgIpc) is 3.36. The zero-order valence-electron chi connectivity index (χ0n) is 20.3. The second kappa shape index (κ2) is 9.31. The molecule has 36 heavy (non-hydrogen) atoms. The van der Waals surface area contributed by atoms with Crippen LogP contribution in [0, 0.1) is 11.2 Å². The second-order valence-electron chi connectivity index (χ2n) is 9.40. The van der Waals surface area contributed by atoms with Crippen molar-refractivity contribution in [2.75, 3.05) is 5.32 Å². The van der Waals surface area contributed by atoms with Crippen molar-refractivity contribution in [1.29, 1.82) is 0 Å². The number of pyridine rings is 1. The summed E-state index contributed by atoms with van der Waals surface area (Å²) in [5.41, 5.74) is 3.49. The summed E-state index contributed by atoms with van der Waals surface area (Å²) in [5, 5.41) is 11.0. The van der Waals surface area contributed by atoms with Crippen molar-refractivity contribution in [3.8, 4) is 28.6 Å². The van der Waals surface area contributed by atoms with Crippen molar-refractivity contribution in [1.82, 2.24) is 15.2 Å².